The molecule has 0 aliphatic carbocycles. The number of hydrogen-bond donors (Lipinski definition) is 1. The van der Waals surface area contributed by atoms with Crippen molar-refractivity contribution in [3.8, 4) is 0 Å². The monoisotopic (exact) mass is 290 g/mol. The van der Waals surface area contributed by atoms with Gasteiger partial charge in [0.1, 0.15) is 5.76 Å². The van der Waals surface area contributed by atoms with Gasteiger partial charge in [-0.2, -0.15) is 0 Å². The number of aryl methyl sites for hydroxylation is 2. The van der Waals surface area contributed by atoms with Crippen molar-refractivity contribution in [2.45, 2.75) is 32.9 Å². The normalized spacial score (nSPS) is 18.4. The molecule has 3 rings (SSSR count). The highest BCUT2D eigenvalue weighted by Gasteiger charge is 2.25. The van der Waals surface area contributed by atoms with Crippen molar-refractivity contribution < 1.29 is 8.91 Å². The molecule has 1 fully saturated rings. The van der Waals surface area contributed by atoms with Crippen LogP contribution in [0.15, 0.2) is 22.9 Å². The molecule has 1 saturated heterocycles. The number of nitrogens with zero attached hydrogens (tertiary/aromatic N) is 3. The van der Waals surface area contributed by atoms with Crippen molar-refractivity contribution in [2.75, 3.05) is 18.0 Å². The minimum atomic E-state index is -0.260. The number of halogens is 1. The van der Waals surface area contributed by atoms with E-state index in [0.29, 0.717) is 11.9 Å². The first-order valence-electron chi connectivity index (χ1n) is 7.15. The van der Waals surface area contributed by atoms with Crippen molar-refractivity contribution >= 4 is 5.82 Å². The lowest BCUT2D eigenvalue weighted by Gasteiger charge is -2.18. The van der Waals surface area contributed by atoms with E-state index in [4.69, 9.17) is 4.52 Å². The van der Waals surface area contributed by atoms with Crippen LogP contribution in [-0.2, 0) is 6.54 Å². The maximum Gasteiger partial charge on any atom is 0.165 e. The molecule has 2 aromatic heterocycles. The smallest absolute Gasteiger partial charge is 0.165 e. The highest BCUT2D eigenvalue weighted by Crippen LogP contribution is 2.21. The van der Waals surface area contributed by atoms with Crippen LogP contribution in [0.3, 0.4) is 0 Å². The molecule has 1 atom stereocenters. The van der Waals surface area contributed by atoms with Crippen molar-refractivity contribution in [1.82, 2.24) is 15.5 Å². The van der Waals surface area contributed by atoms with Gasteiger partial charge in [0.25, 0.3) is 0 Å². The fourth-order valence-corrected chi connectivity index (χ4v) is 2.73. The average Bonchev–Trinajstić information content (AvgIpc) is 3.05. The van der Waals surface area contributed by atoms with Crippen LogP contribution in [0.2, 0.25) is 0 Å². The summed E-state index contributed by atoms with van der Waals surface area (Å²) in [5, 5.41) is 7.44. The zero-order valence-electron chi connectivity index (χ0n) is 12.3. The Labute approximate surface area is 123 Å². The lowest BCUT2D eigenvalue weighted by Crippen LogP contribution is -2.32. The van der Waals surface area contributed by atoms with Gasteiger partial charge in [-0.15, -0.1) is 0 Å². The summed E-state index contributed by atoms with van der Waals surface area (Å²) in [5.41, 5.74) is 2.03. The first-order chi connectivity index (χ1) is 10.1. The van der Waals surface area contributed by atoms with Gasteiger partial charge in [0.05, 0.1) is 5.69 Å². The molecule has 0 saturated carbocycles. The Bertz CT molecular complexity index is 608. The predicted molar refractivity (Wildman–Crippen MR) is 77.6 cm³/mol. The standard InChI is InChI=1S/C15H19FN4O/c1-10-13(11(2)21-19-10)8-18-12-5-7-20(9-12)15-14(16)4-3-6-17-15/h3-4,6,12,18H,5,7-9H2,1-2H3. The molecule has 0 amide bonds. The zero-order valence-corrected chi connectivity index (χ0v) is 12.3. The number of hydrogen-bond acceptors (Lipinski definition) is 5. The number of pyridine rings is 1. The molecule has 2 aromatic rings. The van der Waals surface area contributed by atoms with Gasteiger partial charge in [-0.05, 0) is 32.4 Å². The van der Waals surface area contributed by atoms with Crippen LogP contribution in [-0.4, -0.2) is 29.3 Å². The minimum absolute atomic E-state index is 0.260. The fourth-order valence-electron chi connectivity index (χ4n) is 2.73. The second-order valence-corrected chi connectivity index (χ2v) is 5.42. The Morgan fingerprint density at radius 1 is 1.48 bits per heavy atom. The summed E-state index contributed by atoms with van der Waals surface area (Å²) < 4.78 is 18.9. The Morgan fingerprint density at radius 3 is 3.05 bits per heavy atom. The average molecular weight is 290 g/mol. The molecule has 112 valence electrons. The first kappa shape index (κ1) is 14.0. The Kier molecular flexibility index (Phi) is 3.88. The summed E-state index contributed by atoms with van der Waals surface area (Å²) >= 11 is 0. The summed E-state index contributed by atoms with van der Waals surface area (Å²) in [6, 6.07) is 3.38. The Hall–Kier alpha value is -1.95. The van der Waals surface area contributed by atoms with Crippen LogP contribution in [0.1, 0.15) is 23.4 Å². The van der Waals surface area contributed by atoms with E-state index in [1.807, 2.05) is 18.7 Å². The quantitative estimate of drug-likeness (QED) is 0.935. The molecule has 3 heterocycles. The van der Waals surface area contributed by atoms with Crippen molar-refractivity contribution in [1.29, 1.82) is 0 Å². The van der Waals surface area contributed by atoms with Gasteiger partial charge in [0.2, 0.25) is 0 Å². The summed E-state index contributed by atoms with van der Waals surface area (Å²) in [6.07, 6.45) is 2.60. The van der Waals surface area contributed by atoms with Gasteiger partial charge in [0, 0.05) is 37.4 Å². The van der Waals surface area contributed by atoms with Gasteiger partial charge in [-0.25, -0.2) is 9.37 Å². The lowest BCUT2D eigenvalue weighted by molar-refractivity contribution is 0.391. The molecular weight excluding hydrogens is 271 g/mol. The molecule has 21 heavy (non-hydrogen) atoms. The second kappa shape index (κ2) is 5.81. The highest BCUT2D eigenvalue weighted by atomic mass is 19.1. The summed E-state index contributed by atoms with van der Waals surface area (Å²) in [5.74, 6) is 1.04. The van der Waals surface area contributed by atoms with Crippen LogP contribution >= 0.6 is 0 Å². The van der Waals surface area contributed by atoms with E-state index < -0.39 is 0 Å². The molecule has 0 spiro atoms. The van der Waals surface area contributed by atoms with Gasteiger partial charge in [0.15, 0.2) is 11.6 Å². The summed E-state index contributed by atoms with van der Waals surface area (Å²) in [7, 11) is 0. The van der Waals surface area contributed by atoms with E-state index in [9.17, 15) is 4.39 Å². The maximum atomic E-state index is 13.7. The van der Waals surface area contributed by atoms with Gasteiger partial charge in [-0.3, -0.25) is 0 Å². The lowest BCUT2D eigenvalue weighted by atomic mass is 10.2. The van der Waals surface area contributed by atoms with E-state index in [2.05, 4.69) is 15.5 Å². The molecule has 1 unspecified atom stereocenters. The van der Waals surface area contributed by atoms with Crippen molar-refractivity contribution in [3.63, 3.8) is 0 Å². The maximum absolute atomic E-state index is 13.7. The van der Waals surface area contributed by atoms with Crippen molar-refractivity contribution in [2.24, 2.45) is 0 Å². The number of anilines is 1. The van der Waals surface area contributed by atoms with Crippen LogP contribution in [0.4, 0.5) is 10.2 Å². The molecule has 5 nitrogen and oxygen atoms in total. The summed E-state index contributed by atoms with van der Waals surface area (Å²) in [4.78, 5) is 6.12. The third kappa shape index (κ3) is 2.90. The molecule has 1 N–H and O–H groups in total. The Morgan fingerprint density at radius 2 is 2.33 bits per heavy atom. The van der Waals surface area contributed by atoms with E-state index in [1.165, 1.54) is 6.07 Å². The topological polar surface area (TPSA) is 54.2 Å². The largest absolute Gasteiger partial charge is 0.361 e. The molecule has 0 bridgehead atoms. The van der Waals surface area contributed by atoms with Crippen LogP contribution in [0, 0.1) is 19.7 Å². The van der Waals surface area contributed by atoms with E-state index in [1.54, 1.807) is 12.3 Å². The zero-order chi connectivity index (χ0) is 14.8. The second-order valence-electron chi connectivity index (χ2n) is 5.42. The third-order valence-electron chi connectivity index (χ3n) is 3.98. The van der Waals surface area contributed by atoms with E-state index >= 15 is 0 Å². The molecule has 1 aliphatic rings. The van der Waals surface area contributed by atoms with E-state index in [0.717, 1.165) is 43.1 Å². The molecule has 0 radical (unpaired) electrons. The van der Waals surface area contributed by atoms with E-state index in [-0.39, 0.29) is 5.82 Å². The molecule has 1 aliphatic heterocycles. The van der Waals surface area contributed by atoms with Gasteiger partial charge >= 0.3 is 0 Å². The SMILES string of the molecule is Cc1noc(C)c1CNC1CCN(c2ncccc2F)C1. The fraction of sp³-hybridized carbons (Fsp3) is 0.467. The molecule has 0 aromatic carbocycles. The third-order valence-corrected chi connectivity index (χ3v) is 3.98. The number of rotatable bonds is 4. The number of nitrogens with one attached hydrogen (secondary N) is 1. The van der Waals surface area contributed by atoms with Crippen LogP contribution in [0.5, 0.6) is 0 Å². The molecule has 6 heteroatoms. The Balaban J connectivity index is 1.59. The van der Waals surface area contributed by atoms with Gasteiger partial charge in [-0.1, -0.05) is 5.16 Å². The van der Waals surface area contributed by atoms with Crippen molar-refractivity contribution in [3.05, 3.63) is 41.2 Å². The predicted octanol–water partition coefficient (Wildman–Crippen LogP) is 2.19. The first-order valence-corrected chi connectivity index (χ1v) is 7.15. The minimum Gasteiger partial charge on any atom is -0.361 e. The highest BCUT2D eigenvalue weighted by molar-refractivity contribution is 5.41. The van der Waals surface area contributed by atoms with Crippen LogP contribution < -0.4 is 10.2 Å². The van der Waals surface area contributed by atoms with Gasteiger partial charge < -0.3 is 14.7 Å². The number of aromatic nitrogens is 2. The molecular formula is C15H19FN4O. The summed E-state index contributed by atoms with van der Waals surface area (Å²) in [6.45, 7) is 6.16. The van der Waals surface area contributed by atoms with Crippen LogP contribution in [0.25, 0.3) is 0 Å².